The molecule has 4 N–H and O–H groups in total. The molecule has 4 fully saturated rings. The van der Waals surface area contributed by atoms with Gasteiger partial charge in [-0.3, -0.25) is 56.7 Å². The highest BCUT2D eigenvalue weighted by Gasteiger charge is 2.49. The molecule has 134 heavy (non-hydrogen) atoms. The van der Waals surface area contributed by atoms with Crippen LogP contribution in [0.2, 0.25) is 0 Å². The van der Waals surface area contributed by atoms with Crippen molar-refractivity contribution in [2.75, 3.05) is 80.7 Å². The van der Waals surface area contributed by atoms with Crippen molar-refractivity contribution in [3.8, 4) is 0 Å². The zero-order chi connectivity index (χ0) is 96.8. The summed E-state index contributed by atoms with van der Waals surface area (Å²) < 4.78 is 173. The van der Waals surface area contributed by atoms with Crippen LogP contribution in [0.25, 0.3) is 44.1 Å². The number of fused-ring (bicyclic) bond motifs is 5. The molecule has 4 saturated heterocycles. The summed E-state index contributed by atoms with van der Waals surface area (Å²) in [4.78, 5) is 128. The quantitative estimate of drug-likeness (QED) is 0.0515. The number of anilines is 4. The monoisotopic (exact) mass is 1860 g/mol. The number of benzene rings is 4. The third-order valence-corrected chi connectivity index (χ3v) is 26.2. The number of hydrogen-bond acceptors (Lipinski definition) is 20. The molecule has 0 spiro atoms. The number of nitrogens with zero attached hydrogens (tertiary/aromatic N) is 16. The number of likely N-dealkylation sites (tertiary alicyclic amines) is 4. The molecule has 0 bridgehead atoms. The van der Waals surface area contributed by atoms with Gasteiger partial charge in [0.15, 0.2) is 11.3 Å². The fraction of sp³-hybridized carbons (Fsp3) is 0.421. The summed E-state index contributed by atoms with van der Waals surface area (Å²) in [6.45, 7) is 15.5. The van der Waals surface area contributed by atoms with Crippen molar-refractivity contribution in [2.45, 2.75) is 173 Å². The molecular weight excluding hydrogens is 1760 g/mol. The van der Waals surface area contributed by atoms with E-state index in [0.29, 0.717) is 119 Å². The second-order valence-corrected chi connectivity index (χ2v) is 34.9. The minimum atomic E-state index is -2.97. The van der Waals surface area contributed by atoms with Gasteiger partial charge in [-0.05, 0) is 132 Å². The third-order valence-electron chi connectivity index (χ3n) is 26.2. The van der Waals surface area contributed by atoms with Crippen LogP contribution in [0.1, 0.15) is 221 Å². The fourth-order valence-corrected chi connectivity index (χ4v) is 18.7. The first-order valence-corrected chi connectivity index (χ1v) is 43.9. The smallest absolute Gasteiger partial charge is 0.273 e. The van der Waals surface area contributed by atoms with Crippen LogP contribution in [0, 0.1) is 11.6 Å². The van der Waals surface area contributed by atoms with Crippen molar-refractivity contribution < 1.29 is 67.1 Å². The number of carbonyl (C=O) groups excluding carboxylic acids is 3. The summed E-state index contributed by atoms with van der Waals surface area (Å²) in [6, 6.07) is 22.0. The van der Waals surface area contributed by atoms with E-state index in [1.54, 1.807) is 75.3 Å². The molecule has 5 aliphatic rings. The number of halogens is 12. The van der Waals surface area contributed by atoms with Crippen LogP contribution in [0.3, 0.4) is 0 Å². The molecule has 8 aromatic heterocycles. The van der Waals surface area contributed by atoms with Crippen molar-refractivity contribution >= 4 is 85.1 Å². The van der Waals surface area contributed by atoms with E-state index in [2.05, 4.69) is 61.1 Å². The molecule has 4 aliphatic heterocycles. The number of pyridine rings is 4. The highest BCUT2D eigenvalue weighted by Crippen LogP contribution is 2.46. The maximum Gasteiger partial charge on any atom is 0.273 e. The van der Waals surface area contributed by atoms with E-state index in [4.69, 9.17) is 0 Å². The average Bonchev–Trinajstić information content (AvgIpc) is 1.60. The third kappa shape index (κ3) is 19.2. The van der Waals surface area contributed by atoms with Gasteiger partial charge >= 0.3 is 0 Å². The molecule has 12 aromatic rings. The Morgan fingerprint density at radius 3 is 1.07 bits per heavy atom. The van der Waals surface area contributed by atoms with E-state index >= 15 is 8.78 Å². The zero-order valence-corrected chi connectivity index (χ0v) is 75.9. The van der Waals surface area contributed by atoms with Crippen LogP contribution in [-0.4, -0.2) is 155 Å². The molecule has 39 heteroatoms. The predicted molar refractivity (Wildman–Crippen MR) is 483 cm³/mol. The summed E-state index contributed by atoms with van der Waals surface area (Å²) in [7, 11) is 8.08. The second-order valence-electron chi connectivity index (χ2n) is 34.9. The second kappa shape index (κ2) is 39.1. The van der Waals surface area contributed by atoms with Crippen LogP contribution >= 0.6 is 0 Å². The molecule has 3 amide bonds. The molecule has 0 radical (unpaired) electrons. The van der Waals surface area contributed by atoms with E-state index < -0.39 is 82.5 Å². The number of likely N-dealkylation sites (N-methyl/N-ethyl adjacent to an activating group) is 1. The van der Waals surface area contributed by atoms with Crippen LogP contribution in [0.4, 0.5) is 76.0 Å². The lowest BCUT2D eigenvalue weighted by Gasteiger charge is -2.43. The lowest BCUT2D eigenvalue weighted by molar-refractivity contribution is -0.143. The van der Waals surface area contributed by atoms with Crippen molar-refractivity contribution in [2.24, 2.45) is 28.2 Å². The van der Waals surface area contributed by atoms with Gasteiger partial charge in [0.05, 0.1) is 81.1 Å². The molecule has 27 nitrogen and oxygen atoms in total. The molecule has 4 atom stereocenters. The van der Waals surface area contributed by atoms with Gasteiger partial charge in [0.1, 0.15) is 82.8 Å². The molecule has 0 unspecified atom stereocenters. The molecule has 1 aliphatic carbocycles. The van der Waals surface area contributed by atoms with Gasteiger partial charge in [0, 0.05) is 128 Å². The molecular formula is C95H102F12N20O7. The van der Waals surface area contributed by atoms with Gasteiger partial charge in [0.25, 0.3) is 47.4 Å². The lowest BCUT2D eigenvalue weighted by Crippen LogP contribution is -2.60. The molecule has 12 heterocycles. The number of hydrogen-bond donors (Lipinski definition) is 4. The largest absolute Gasteiger partial charge is 0.363 e. The Hall–Kier alpha value is -13.2. The SMILES string of the molecule is CC(=O)N1CC(F)(c2cc3c(N[C@H](C)c4cccc(C(F)F)c4F)ncnc3n(C)c2=O)C1.CC(=O)N1CCC(c2cc3c(N[C@H](C)c4cccc5c4CCC5(F)F)ncnc3n(C)c2=O)CC1.CCc1c(C(F)F)cccc1[C@@H](C)Nc1ncnc2c1cc(C1CCN(C(C)=O)CC1)c(=O)n2C.C[C@@H](Nc1ncnc2c1cc(C1(F)CN(C)C1)c(=O)n2C)c1cccc(C(F)F)c1F. The number of carbonyl (C=O) groups is 3. The Labute approximate surface area is 761 Å². The Bertz CT molecular complexity index is 6610. The van der Waals surface area contributed by atoms with Crippen molar-refractivity contribution in [3.63, 3.8) is 0 Å². The number of amides is 3. The van der Waals surface area contributed by atoms with Crippen molar-refractivity contribution in [1.29, 1.82) is 0 Å². The maximum absolute atomic E-state index is 15.5. The van der Waals surface area contributed by atoms with Gasteiger partial charge in [-0.25, -0.2) is 92.6 Å². The predicted octanol–water partition coefficient (Wildman–Crippen LogP) is 16.3. The number of aryl methyl sites for hydroxylation is 4. The van der Waals surface area contributed by atoms with Gasteiger partial charge in [-0.1, -0.05) is 79.7 Å². The number of alkyl halides is 10. The standard InChI is InChI=1S/C26H29F2N5O2.C26H31F2N5O2.C22H21F4N5O2.C21H21F4N5O/c1-15(18-5-4-6-22-19(18)7-10-26(22,27)28)31-23-21-13-20(17-8-11-33(12-9-17)16(2)34)25(35)32(3)24(21)30-14-29-23;1-5-18-19(7-6-8-20(18)23(27)28)15(2)31-24-22-13-21(17-9-11-33(12-10-17)16(3)34)26(35)32(4)25(22)30-14-29-24;1-11(13-5-4-6-14(17(13)23)18(24)25)29-19-15-7-16(22(26)8-31(9-22)12(2)32)21(33)30(3)20(15)28-10-27-19;1-11(12-5-4-6-13(16(12)22)17(23)24)28-18-14-7-15(21(25)8-29(2)9-21)20(31)30(3)19(14)27-10-26-18/h4-6,13-15,17H,7-12H2,1-3H3,(H,29,30,31);6-8,13-15,17,23H,5,9-12H2,1-4H3,(H,29,30,31);4-7,10-11,18H,8-9H2,1-3H3,(H,27,28,29);4-7,10-11,17H,8-9H2,1-3H3,(H,26,27,28)/t2*15-;2*11-/m1111/s1. The normalized spacial score (nSPS) is 16.8. The lowest BCUT2D eigenvalue weighted by atomic mass is 9.88. The van der Waals surface area contributed by atoms with E-state index in [0.717, 1.165) is 36.1 Å². The van der Waals surface area contributed by atoms with Crippen LogP contribution in [0.5, 0.6) is 0 Å². The van der Waals surface area contributed by atoms with Gasteiger partial charge in [-0.2, -0.15) is 0 Å². The summed E-state index contributed by atoms with van der Waals surface area (Å²) in [5.74, 6) is -3.42. The zero-order valence-electron chi connectivity index (χ0n) is 75.9. The summed E-state index contributed by atoms with van der Waals surface area (Å²) in [5.41, 5.74) is -0.625. The van der Waals surface area contributed by atoms with Crippen LogP contribution in [-0.2, 0) is 72.7 Å². The topological polar surface area (TPSA) is 303 Å². The maximum atomic E-state index is 15.5. The molecule has 17 rings (SSSR count). The Balaban J connectivity index is 0.000000144. The number of nitrogens with one attached hydrogen (secondary N) is 4. The first-order valence-electron chi connectivity index (χ1n) is 43.9. The van der Waals surface area contributed by atoms with Crippen molar-refractivity contribution in [3.05, 3.63) is 253 Å². The highest BCUT2D eigenvalue weighted by molar-refractivity contribution is 5.91. The van der Waals surface area contributed by atoms with Gasteiger partial charge in [0.2, 0.25) is 17.7 Å². The molecule has 708 valence electrons. The highest BCUT2D eigenvalue weighted by atomic mass is 19.3. The van der Waals surface area contributed by atoms with Crippen LogP contribution in [0.15, 0.2) is 142 Å². The average molecular weight is 1860 g/mol. The molecule has 4 aromatic carbocycles. The van der Waals surface area contributed by atoms with Crippen molar-refractivity contribution in [1.82, 2.24) is 77.7 Å². The first-order chi connectivity index (χ1) is 63.5. The van der Waals surface area contributed by atoms with Gasteiger partial charge < -0.3 is 36.0 Å². The summed E-state index contributed by atoms with van der Waals surface area (Å²) >= 11 is 0. The molecule has 0 saturated carbocycles. The first kappa shape index (κ1) is 96.8. The number of piperidine rings is 2. The number of aromatic nitrogens is 12. The van der Waals surface area contributed by atoms with E-state index in [9.17, 15) is 77.5 Å². The Kier molecular flexibility index (Phi) is 28.3. The van der Waals surface area contributed by atoms with Crippen LogP contribution < -0.4 is 43.5 Å². The summed E-state index contributed by atoms with van der Waals surface area (Å²) in [6.07, 6.45) is 0.312. The van der Waals surface area contributed by atoms with Gasteiger partial charge in [-0.15, -0.1) is 0 Å². The Morgan fingerprint density at radius 2 is 0.716 bits per heavy atom. The number of rotatable bonds is 20. The van der Waals surface area contributed by atoms with E-state index in [-0.39, 0.29) is 142 Å². The summed E-state index contributed by atoms with van der Waals surface area (Å²) in [5, 5.41) is 14.8. The minimum absolute atomic E-state index is 0.00246. The van der Waals surface area contributed by atoms with E-state index in [1.807, 2.05) is 49.9 Å². The Morgan fingerprint density at radius 1 is 0.403 bits per heavy atom. The minimum Gasteiger partial charge on any atom is -0.363 e. The fourth-order valence-electron chi connectivity index (χ4n) is 18.7. The van der Waals surface area contributed by atoms with E-state index in [1.165, 1.54) is 113 Å².